The number of carbonyl (C=O) groups is 1. The highest BCUT2D eigenvalue weighted by Crippen LogP contribution is 2.25. The Labute approximate surface area is 150 Å². The summed E-state index contributed by atoms with van der Waals surface area (Å²) in [5.74, 6) is 0.0356. The highest BCUT2D eigenvalue weighted by Gasteiger charge is 2.26. The number of aryl methyl sites for hydroxylation is 4. The first kappa shape index (κ1) is 17.7. The number of hydrogen-bond acceptors (Lipinski definition) is 2. The fraction of sp³-hybridized carbons (Fsp3) is 0.476. The van der Waals surface area contributed by atoms with Crippen molar-refractivity contribution in [1.29, 1.82) is 0 Å². The predicted octanol–water partition coefficient (Wildman–Crippen LogP) is 3.52. The molecule has 1 amide bonds. The van der Waals surface area contributed by atoms with E-state index in [0.717, 1.165) is 29.8 Å². The molecule has 2 aromatic rings. The van der Waals surface area contributed by atoms with Crippen molar-refractivity contribution in [3.63, 3.8) is 0 Å². The summed E-state index contributed by atoms with van der Waals surface area (Å²) in [6.07, 6.45) is 4.56. The van der Waals surface area contributed by atoms with Crippen LogP contribution >= 0.6 is 0 Å². The maximum absolute atomic E-state index is 12.8. The lowest BCUT2D eigenvalue weighted by atomic mass is 9.99. The van der Waals surface area contributed by atoms with Crippen LogP contribution in [0.3, 0.4) is 0 Å². The zero-order valence-corrected chi connectivity index (χ0v) is 15.8. The van der Waals surface area contributed by atoms with E-state index in [1.165, 1.54) is 24.1 Å². The van der Waals surface area contributed by atoms with Crippen LogP contribution in [-0.2, 0) is 7.05 Å². The molecule has 0 bridgehead atoms. The van der Waals surface area contributed by atoms with Crippen LogP contribution < -0.4 is 5.32 Å². The van der Waals surface area contributed by atoms with Gasteiger partial charge in [0.2, 0.25) is 0 Å². The second-order valence-corrected chi connectivity index (χ2v) is 7.29. The number of nitrogens with one attached hydrogen (secondary N) is 1. The summed E-state index contributed by atoms with van der Waals surface area (Å²) in [7, 11) is 2.08. The van der Waals surface area contributed by atoms with Gasteiger partial charge in [-0.3, -0.25) is 9.69 Å². The Balaban J connectivity index is 1.77. The Bertz CT molecular complexity index is 733. The maximum atomic E-state index is 12.8. The van der Waals surface area contributed by atoms with Crippen molar-refractivity contribution in [3.05, 3.63) is 58.4 Å². The Hall–Kier alpha value is -2.07. The van der Waals surface area contributed by atoms with E-state index in [9.17, 15) is 4.79 Å². The van der Waals surface area contributed by atoms with Crippen molar-refractivity contribution in [2.45, 2.75) is 39.7 Å². The molecule has 0 aliphatic carbocycles. The Kier molecular flexibility index (Phi) is 5.28. The lowest BCUT2D eigenvalue weighted by molar-refractivity contribution is 0.0935. The van der Waals surface area contributed by atoms with E-state index in [4.69, 9.17) is 0 Å². The predicted molar refractivity (Wildman–Crippen MR) is 102 cm³/mol. The van der Waals surface area contributed by atoms with Crippen LogP contribution in [0.1, 0.15) is 51.6 Å². The van der Waals surface area contributed by atoms with Gasteiger partial charge in [-0.25, -0.2) is 0 Å². The smallest absolute Gasteiger partial charge is 0.251 e. The molecule has 1 unspecified atom stereocenters. The van der Waals surface area contributed by atoms with E-state index in [1.54, 1.807) is 0 Å². The number of aromatic nitrogens is 1. The summed E-state index contributed by atoms with van der Waals surface area (Å²) in [5, 5.41) is 3.20. The zero-order valence-electron chi connectivity index (χ0n) is 15.8. The van der Waals surface area contributed by atoms with Gasteiger partial charge in [-0.1, -0.05) is 17.7 Å². The molecule has 1 aromatic carbocycles. The van der Waals surface area contributed by atoms with Crippen LogP contribution in [0.25, 0.3) is 0 Å². The molecular formula is C21H29N3O. The second-order valence-electron chi connectivity index (χ2n) is 7.29. The van der Waals surface area contributed by atoms with Crippen LogP contribution in [0.2, 0.25) is 0 Å². The van der Waals surface area contributed by atoms with Crippen LogP contribution in [0.5, 0.6) is 0 Å². The number of benzene rings is 1. The molecule has 1 aliphatic rings. The number of carbonyl (C=O) groups excluding carboxylic acids is 1. The van der Waals surface area contributed by atoms with Crippen molar-refractivity contribution in [2.24, 2.45) is 7.05 Å². The van der Waals surface area contributed by atoms with Gasteiger partial charge in [-0.15, -0.1) is 0 Å². The van der Waals surface area contributed by atoms with Gasteiger partial charge in [0.15, 0.2) is 0 Å². The van der Waals surface area contributed by atoms with Gasteiger partial charge >= 0.3 is 0 Å². The van der Waals surface area contributed by atoms with Crippen molar-refractivity contribution in [2.75, 3.05) is 19.6 Å². The van der Waals surface area contributed by atoms with Gasteiger partial charge in [-0.2, -0.15) is 0 Å². The van der Waals surface area contributed by atoms with E-state index < -0.39 is 0 Å². The molecule has 1 atom stereocenters. The minimum atomic E-state index is 0.0356. The molecular weight excluding hydrogens is 310 g/mol. The minimum absolute atomic E-state index is 0.0356. The standard InChI is InChI=1S/C21H29N3O/c1-15-12-16(2)20(17(3)13-15)21(25)22-14-19(24-10-5-6-11-24)18-8-7-9-23(18)4/h7-9,12-13,19H,5-6,10-11,14H2,1-4H3,(H,22,25). The third-order valence-corrected chi connectivity index (χ3v) is 5.27. The van der Waals surface area contributed by atoms with Crippen LogP contribution in [0.4, 0.5) is 0 Å². The molecule has 0 saturated carbocycles. The highest BCUT2D eigenvalue weighted by atomic mass is 16.1. The SMILES string of the molecule is Cc1cc(C)c(C(=O)NCC(c2cccn2C)N2CCCC2)c(C)c1. The molecule has 4 nitrogen and oxygen atoms in total. The molecule has 1 N–H and O–H groups in total. The van der Waals surface area contributed by atoms with E-state index in [2.05, 4.69) is 59.2 Å². The summed E-state index contributed by atoms with van der Waals surface area (Å²) in [4.78, 5) is 15.3. The van der Waals surface area contributed by atoms with Gasteiger partial charge in [0, 0.05) is 31.0 Å². The Morgan fingerprint density at radius 1 is 1.16 bits per heavy atom. The molecule has 3 rings (SSSR count). The Morgan fingerprint density at radius 3 is 2.36 bits per heavy atom. The second kappa shape index (κ2) is 7.44. The fourth-order valence-electron chi connectivity index (χ4n) is 4.11. The molecule has 1 saturated heterocycles. The quantitative estimate of drug-likeness (QED) is 0.905. The molecule has 134 valence electrons. The average molecular weight is 339 g/mol. The molecule has 0 spiro atoms. The number of rotatable bonds is 5. The molecule has 1 fully saturated rings. The summed E-state index contributed by atoms with van der Waals surface area (Å²) in [6.45, 7) is 8.96. The lowest BCUT2D eigenvalue weighted by Crippen LogP contribution is -2.38. The zero-order chi connectivity index (χ0) is 18.0. The largest absolute Gasteiger partial charge is 0.353 e. The minimum Gasteiger partial charge on any atom is -0.353 e. The van der Waals surface area contributed by atoms with Gasteiger partial charge in [0.05, 0.1) is 6.04 Å². The van der Waals surface area contributed by atoms with Crippen LogP contribution in [0.15, 0.2) is 30.5 Å². The lowest BCUT2D eigenvalue weighted by Gasteiger charge is -2.28. The molecule has 1 aromatic heterocycles. The molecule has 1 aliphatic heterocycles. The summed E-state index contributed by atoms with van der Waals surface area (Å²) in [5.41, 5.74) is 5.38. The first-order chi connectivity index (χ1) is 12.0. The topological polar surface area (TPSA) is 37.3 Å². The number of likely N-dealkylation sites (tertiary alicyclic amines) is 1. The fourth-order valence-corrected chi connectivity index (χ4v) is 4.11. The highest BCUT2D eigenvalue weighted by molar-refractivity contribution is 5.97. The van der Waals surface area contributed by atoms with E-state index >= 15 is 0 Å². The number of nitrogens with zero attached hydrogens (tertiary/aromatic N) is 2. The third kappa shape index (κ3) is 3.79. The van der Waals surface area contributed by atoms with Crippen LogP contribution in [-0.4, -0.2) is 35.0 Å². The van der Waals surface area contributed by atoms with E-state index in [-0.39, 0.29) is 11.9 Å². The molecule has 25 heavy (non-hydrogen) atoms. The van der Waals surface area contributed by atoms with Gasteiger partial charge in [0.1, 0.15) is 0 Å². The van der Waals surface area contributed by atoms with Gasteiger partial charge < -0.3 is 9.88 Å². The first-order valence-electron chi connectivity index (χ1n) is 9.18. The van der Waals surface area contributed by atoms with Crippen LogP contribution in [0, 0.1) is 20.8 Å². The van der Waals surface area contributed by atoms with Crippen molar-refractivity contribution in [3.8, 4) is 0 Å². The summed E-state index contributed by atoms with van der Waals surface area (Å²) < 4.78 is 2.16. The summed E-state index contributed by atoms with van der Waals surface area (Å²) in [6, 6.07) is 8.64. The number of hydrogen-bond donors (Lipinski definition) is 1. The van der Waals surface area contributed by atoms with Gasteiger partial charge in [0.25, 0.3) is 5.91 Å². The monoisotopic (exact) mass is 339 g/mol. The first-order valence-corrected chi connectivity index (χ1v) is 9.18. The third-order valence-electron chi connectivity index (χ3n) is 5.27. The normalized spacial score (nSPS) is 16.2. The molecule has 0 radical (unpaired) electrons. The number of amides is 1. The Morgan fingerprint density at radius 2 is 1.80 bits per heavy atom. The van der Waals surface area contributed by atoms with Crippen molar-refractivity contribution in [1.82, 2.24) is 14.8 Å². The van der Waals surface area contributed by atoms with Crippen molar-refractivity contribution < 1.29 is 4.79 Å². The van der Waals surface area contributed by atoms with Crippen molar-refractivity contribution >= 4 is 5.91 Å². The van der Waals surface area contributed by atoms with E-state index in [1.807, 2.05) is 13.8 Å². The van der Waals surface area contributed by atoms with Gasteiger partial charge in [-0.05, 0) is 70.0 Å². The molecule has 2 heterocycles. The molecule has 4 heteroatoms. The van der Waals surface area contributed by atoms with E-state index in [0.29, 0.717) is 6.54 Å². The average Bonchev–Trinajstić information content (AvgIpc) is 3.19. The summed E-state index contributed by atoms with van der Waals surface area (Å²) >= 11 is 0. The maximum Gasteiger partial charge on any atom is 0.251 e.